The molecule has 146 valence electrons. The molecule has 0 aliphatic heterocycles. The standard InChI is InChI=1S/C19H15F3N2O4/c1-9(10-3-2-4-12(25)7-10)23-15-16(18(28)17(15)27)24-11-5-6-14(26)13(8-11)19(20,21)22/h2-9,23-26H,1H3. The smallest absolute Gasteiger partial charge is 0.420 e. The Hall–Kier alpha value is -3.49. The molecular weight excluding hydrogens is 377 g/mol. The quantitative estimate of drug-likeness (QED) is 0.391. The Morgan fingerprint density at radius 2 is 1.64 bits per heavy atom. The summed E-state index contributed by atoms with van der Waals surface area (Å²) in [6.45, 7) is 1.69. The maximum atomic E-state index is 12.9. The fourth-order valence-electron chi connectivity index (χ4n) is 2.73. The van der Waals surface area contributed by atoms with Gasteiger partial charge >= 0.3 is 6.18 Å². The van der Waals surface area contributed by atoms with Crippen LogP contribution in [0.5, 0.6) is 11.5 Å². The van der Waals surface area contributed by atoms with Crippen LogP contribution in [0.4, 0.5) is 30.2 Å². The van der Waals surface area contributed by atoms with Gasteiger partial charge in [0.05, 0.1) is 5.56 Å². The van der Waals surface area contributed by atoms with Gasteiger partial charge in [-0.3, -0.25) is 9.59 Å². The van der Waals surface area contributed by atoms with Gasteiger partial charge in [-0.15, -0.1) is 0 Å². The molecule has 0 aliphatic rings. The minimum absolute atomic E-state index is 0.0262. The minimum atomic E-state index is -4.78. The molecule has 4 N–H and O–H groups in total. The van der Waals surface area contributed by atoms with Crippen molar-refractivity contribution in [3.05, 3.63) is 74.0 Å². The van der Waals surface area contributed by atoms with Crippen LogP contribution in [-0.2, 0) is 6.18 Å². The number of anilines is 3. The fourth-order valence-corrected chi connectivity index (χ4v) is 2.73. The molecule has 3 aromatic rings. The maximum Gasteiger partial charge on any atom is 0.420 e. The second-order valence-corrected chi connectivity index (χ2v) is 6.22. The van der Waals surface area contributed by atoms with Crippen molar-refractivity contribution < 1.29 is 23.4 Å². The van der Waals surface area contributed by atoms with Gasteiger partial charge in [0.15, 0.2) is 0 Å². The molecule has 1 atom stereocenters. The van der Waals surface area contributed by atoms with Gasteiger partial charge in [0.2, 0.25) is 0 Å². The molecular formula is C19H15F3N2O4. The average molecular weight is 392 g/mol. The summed E-state index contributed by atoms with van der Waals surface area (Å²) >= 11 is 0. The predicted octanol–water partition coefficient (Wildman–Crippen LogP) is 3.63. The molecule has 0 spiro atoms. The van der Waals surface area contributed by atoms with Gasteiger partial charge in [-0.25, -0.2) is 0 Å². The molecule has 0 aliphatic carbocycles. The third-order valence-electron chi connectivity index (χ3n) is 4.21. The topological polar surface area (TPSA) is 98.7 Å². The SMILES string of the molecule is CC(Nc1c(Nc2ccc(O)c(C(F)(F)F)c2)c(=O)c1=O)c1cccc(O)c1. The van der Waals surface area contributed by atoms with E-state index in [1.54, 1.807) is 19.1 Å². The van der Waals surface area contributed by atoms with Gasteiger partial charge in [-0.05, 0) is 42.8 Å². The van der Waals surface area contributed by atoms with Crippen molar-refractivity contribution in [2.45, 2.75) is 19.1 Å². The highest BCUT2D eigenvalue weighted by molar-refractivity contribution is 5.79. The first-order chi connectivity index (χ1) is 13.1. The van der Waals surface area contributed by atoms with Crippen LogP contribution < -0.4 is 21.5 Å². The van der Waals surface area contributed by atoms with Gasteiger partial charge in [0, 0.05) is 11.7 Å². The van der Waals surface area contributed by atoms with E-state index in [1.165, 1.54) is 12.1 Å². The molecule has 3 aromatic carbocycles. The molecule has 0 heterocycles. The highest BCUT2D eigenvalue weighted by Gasteiger charge is 2.34. The average Bonchev–Trinajstić information content (AvgIpc) is 2.64. The lowest BCUT2D eigenvalue weighted by atomic mass is 10.1. The first kappa shape index (κ1) is 19.3. The Morgan fingerprint density at radius 3 is 2.29 bits per heavy atom. The lowest BCUT2D eigenvalue weighted by molar-refractivity contribution is -0.138. The maximum absolute atomic E-state index is 12.9. The largest absolute Gasteiger partial charge is 0.508 e. The van der Waals surface area contributed by atoms with Crippen molar-refractivity contribution in [1.82, 2.24) is 0 Å². The molecule has 6 nitrogen and oxygen atoms in total. The van der Waals surface area contributed by atoms with Crippen molar-refractivity contribution in [2.24, 2.45) is 0 Å². The second kappa shape index (κ2) is 6.91. The van der Waals surface area contributed by atoms with E-state index in [9.17, 15) is 33.0 Å². The lowest BCUT2D eigenvalue weighted by Crippen LogP contribution is -2.37. The number of hydrogen-bond donors (Lipinski definition) is 4. The number of halogens is 3. The summed E-state index contributed by atoms with van der Waals surface area (Å²) in [6.07, 6.45) is -4.78. The van der Waals surface area contributed by atoms with E-state index in [0.717, 1.165) is 12.1 Å². The van der Waals surface area contributed by atoms with Gasteiger partial charge in [0.1, 0.15) is 22.9 Å². The molecule has 1 unspecified atom stereocenters. The van der Waals surface area contributed by atoms with Crippen LogP contribution in [0.15, 0.2) is 52.1 Å². The Balaban J connectivity index is 1.87. The fraction of sp³-hybridized carbons (Fsp3) is 0.158. The summed E-state index contributed by atoms with van der Waals surface area (Å²) in [5.41, 5.74) is -2.64. The minimum Gasteiger partial charge on any atom is -0.508 e. The van der Waals surface area contributed by atoms with Crippen LogP contribution in [0.3, 0.4) is 0 Å². The second-order valence-electron chi connectivity index (χ2n) is 6.22. The summed E-state index contributed by atoms with van der Waals surface area (Å²) < 4.78 is 38.7. The zero-order chi connectivity index (χ0) is 20.6. The molecule has 9 heteroatoms. The Kier molecular flexibility index (Phi) is 4.76. The normalized spacial score (nSPS) is 12.7. The van der Waals surface area contributed by atoms with Gasteiger partial charge in [0.25, 0.3) is 10.9 Å². The van der Waals surface area contributed by atoms with Gasteiger partial charge in [-0.2, -0.15) is 13.2 Å². The molecule has 0 fully saturated rings. The number of hydrogen-bond acceptors (Lipinski definition) is 6. The number of aromatic hydroxyl groups is 2. The van der Waals surface area contributed by atoms with E-state index in [4.69, 9.17) is 0 Å². The molecule has 0 aromatic heterocycles. The number of phenolic OH excluding ortho intramolecular Hbond substituents is 2. The monoisotopic (exact) mass is 392 g/mol. The Labute approximate surface area is 156 Å². The van der Waals surface area contributed by atoms with Crippen molar-refractivity contribution in [3.63, 3.8) is 0 Å². The van der Waals surface area contributed by atoms with Crippen LogP contribution in [0, 0.1) is 0 Å². The van der Waals surface area contributed by atoms with E-state index in [0.29, 0.717) is 11.6 Å². The van der Waals surface area contributed by atoms with Crippen LogP contribution in [-0.4, -0.2) is 10.2 Å². The third kappa shape index (κ3) is 3.64. The summed E-state index contributed by atoms with van der Waals surface area (Å²) in [5.74, 6) is -0.919. The van der Waals surface area contributed by atoms with Crippen molar-refractivity contribution in [1.29, 1.82) is 0 Å². The summed E-state index contributed by atoms with van der Waals surface area (Å²) in [7, 11) is 0. The molecule has 0 saturated heterocycles. The van der Waals surface area contributed by atoms with Gasteiger partial charge < -0.3 is 20.8 Å². The zero-order valence-electron chi connectivity index (χ0n) is 14.5. The Bertz CT molecular complexity index is 1100. The van der Waals surface area contributed by atoms with E-state index < -0.39 is 34.4 Å². The van der Waals surface area contributed by atoms with E-state index in [2.05, 4.69) is 10.6 Å². The number of phenols is 2. The molecule has 3 rings (SSSR count). The third-order valence-corrected chi connectivity index (χ3v) is 4.21. The number of rotatable bonds is 5. The van der Waals surface area contributed by atoms with Crippen LogP contribution in [0.2, 0.25) is 0 Å². The molecule has 0 radical (unpaired) electrons. The lowest BCUT2D eigenvalue weighted by Gasteiger charge is -2.20. The summed E-state index contributed by atoms with van der Waals surface area (Å²) in [5, 5.41) is 24.2. The zero-order valence-corrected chi connectivity index (χ0v) is 14.5. The van der Waals surface area contributed by atoms with Crippen LogP contribution >= 0.6 is 0 Å². The first-order valence-electron chi connectivity index (χ1n) is 8.14. The molecule has 0 saturated carbocycles. The van der Waals surface area contributed by atoms with E-state index in [-0.39, 0.29) is 22.8 Å². The highest BCUT2D eigenvalue weighted by atomic mass is 19.4. The van der Waals surface area contributed by atoms with E-state index in [1.807, 2.05) is 0 Å². The first-order valence-corrected chi connectivity index (χ1v) is 8.14. The Morgan fingerprint density at radius 1 is 0.964 bits per heavy atom. The number of benzene rings is 2. The van der Waals surface area contributed by atoms with Crippen LogP contribution in [0.25, 0.3) is 0 Å². The molecule has 28 heavy (non-hydrogen) atoms. The number of nitrogens with one attached hydrogen (secondary N) is 2. The van der Waals surface area contributed by atoms with Crippen molar-refractivity contribution in [2.75, 3.05) is 10.6 Å². The number of alkyl halides is 3. The van der Waals surface area contributed by atoms with Crippen LogP contribution in [0.1, 0.15) is 24.1 Å². The highest BCUT2D eigenvalue weighted by Crippen LogP contribution is 2.38. The van der Waals surface area contributed by atoms with Crippen molar-refractivity contribution in [3.8, 4) is 11.5 Å². The summed E-state index contributed by atoms with van der Waals surface area (Å²) in [4.78, 5) is 23.8. The molecule has 0 bridgehead atoms. The predicted molar refractivity (Wildman–Crippen MR) is 97.9 cm³/mol. The van der Waals surface area contributed by atoms with Crippen molar-refractivity contribution >= 4 is 17.1 Å². The van der Waals surface area contributed by atoms with Gasteiger partial charge in [-0.1, -0.05) is 12.1 Å². The summed E-state index contributed by atoms with van der Waals surface area (Å²) in [6, 6.07) is 8.46. The molecule has 0 amide bonds. The van der Waals surface area contributed by atoms with E-state index >= 15 is 0 Å².